The van der Waals surface area contributed by atoms with Gasteiger partial charge >= 0.3 is 5.97 Å². The number of hydrogen-bond donors (Lipinski definition) is 1. The van der Waals surface area contributed by atoms with Gasteiger partial charge in [0, 0.05) is 17.5 Å². The standard InChI is InChI=1S/C21H24N2O3/c1-13-19-8-5-10-23(25)11-9-20(18(19)23)14-6-3-4-7-16(14)22-21(13,20)15(12-19)17(24)26-2/h3-8,13,15,18,22H,9-12H2,1-2H3/t13-,15-,18+,19+,20-,21-,23?/m1/s1. The number of benzene rings is 1. The van der Waals surface area contributed by atoms with Crippen LogP contribution < -0.4 is 5.32 Å². The number of esters is 1. The Bertz CT molecular complexity index is 884. The van der Waals surface area contributed by atoms with E-state index in [0.29, 0.717) is 19.5 Å². The lowest BCUT2D eigenvalue weighted by molar-refractivity contribution is -0.897. The number of nitrogens with zero attached hydrogens (tertiary/aromatic N) is 1. The van der Waals surface area contributed by atoms with Crippen LogP contribution in [0.1, 0.15) is 25.3 Å². The molecule has 2 saturated carbocycles. The number of anilines is 1. The fraction of sp³-hybridized carbons (Fsp3) is 0.571. The summed E-state index contributed by atoms with van der Waals surface area (Å²) in [6.07, 6.45) is 5.93. The fourth-order valence-corrected chi connectivity index (χ4v) is 8.20. The Hall–Kier alpha value is -1.85. The molecule has 1 aromatic rings. The lowest BCUT2D eigenvalue weighted by Crippen LogP contribution is -2.66. The smallest absolute Gasteiger partial charge is 0.311 e. The lowest BCUT2D eigenvalue weighted by Gasteiger charge is -2.56. The minimum Gasteiger partial charge on any atom is -0.632 e. The molecule has 3 aliphatic heterocycles. The highest BCUT2D eigenvalue weighted by Crippen LogP contribution is 2.80. The van der Waals surface area contributed by atoms with Gasteiger partial charge in [-0.15, -0.1) is 0 Å². The topological polar surface area (TPSA) is 61.4 Å². The molecule has 1 unspecified atom stereocenters. The van der Waals surface area contributed by atoms with Crippen molar-refractivity contribution in [2.75, 3.05) is 25.5 Å². The second kappa shape index (κ2) is 4.18. The highest BCUT2D eigenvalue weighted by molar-refractivity contribution is 5.82. The van der Waals surface area contributed by atoms with E-state index in [1.54, 1.807) is 0 Å². The Balaban J connectivity index is 1.71. The van der Waals surface area contributed by atoms with Crippen molar-refractivity contribution in [1.82, 2.24) is 0 Å². The molecule has 2 bridgehead atoms. The molecule has 3 fully saturated rings. The highest BCUT2D eigenvalue weighted by Gasteiger charge is 2.89. The van der Waals surface area contributed by atoms with Gasteiger partial charge in [-0.2, -0.15) is 0 Å². The lowest BCUT2D eigenvalue weighted by atomic mass is 9.57. The third-order valence-electron chi connectivity index (χ3n) is 8.74. The normalized spacial score (nSPS) is 51.6. The van der Waals surface area contributed by atoms with Crippen LogP contribution in [0.4, 0.5) is 5.69 Å². The predicted molar refractivity (Wildman–Crippen MR) is 97.1 cm³/mol. The minimum atomic E-state index is -0.423. The van der Waals surface area contributed by atoms with E-state index in [1.807, 2.05) is 6.07 Å². The van der Waals surface area contributed by atoms with Crippen LogP contribution in [0.25, 0.3) is 0 Å². The first-order valence-electron chi connectivity index (χ1n) is 9.67. The number of hydroxylamine groups is 3. The third-order valence-corrected chi connectivity index (χ3v) is 8.74. The van der Waals surface area contributed by atoms with E-state index in [4.69, 9.17) is 4.74 Å². The number of nitrogens with one attached hydrogen (secondary N) is 1. The zero-order valence-electron chi connectivity index (χ0n) is 15.2. The molecule has 136 valence electrons. The average molecular weight is 352 g/mol. The first-order chi connectivity index (χ1) is 12.5. The first kappa shape index (κ1) is 15.2. The number of hydrogen-bond acceptors (Lipinski definition) is 4. The molecule has 1 aromatic carbocycles. The van der Waals surface area contributed by atoms with E-state index < -0.39 is 5.54 Å². The molecule has 0 radical (unpaired) electrons. The Morgan fingerprint density at radius 1 is 1.38 bits per heavy atom. The maximum atomic E-state index is 13.9. The van der Waals surface area contributed by atoms with Gasteiger partial charge in [-0.05, 0) is 30.0 Å². The fourth-order valence-electron chi connectivity index (χ4n) is 8.20. The summed E-state index contributed by atoms with van der Waals surface area (Å²) in [5.74, 6) is -0.151. The van der Waals surface area contributed by atoms with E-state index in [0.717, 1.165) is 12.1 Å². The van der Waals surface area contributed by atoms with E-state index in [1.165, 1.54) is 12.7 Å². The molecule has 5 aliphatic rings. The first-order valence-corrected chi connectivity index (χ1v) is 9.67. The molecule has 26 heavy (non-hydrogen) atoms. The van der Waals surface area contributed by atoms with Crippen molar-refractivity contribution in [3.8, 4) is 0 Å². The third kappa shape index (κ3) is 1.19. The molecule has 1 saturated heterocycles. The van der Waals surface area contributed by atoms with E-state index in [9.17, 15) is 10.0 Å². The van der Waals surface area contributed by atoms with Crippen LogP contribution in [0.3, 0.4) is 0 Å². The van der Waals surface area contributed by atoms with Crippen molar-refractivity contribution >= 4 is 11.7 Å². The van der Waals surface area contributed by atoms with E-state index in [2.05, 4.69) is 42.6 Å². The summed E-state index contributed by atoms with van der Waals surface area (Å²) >= 11 is 0. The quantitative estimate of drug-likeness (QED) is 0.365. The number of quaternary nitrogens is 1. The van der Waals surface area contributed by atoms with Crippen LogP contribution in [-0.4, -0.2) is 42.4 Å². The Morgan fingerprint density at radius 2 is 2.19 bits per heavy atom. The van der Waals surface area contributed by atoms with Gasteiger partial charge in [-0.1, -0.05) is 31.2 Å². The van der Waals surface area contributed by atoms with Crippen LogP contribution in [0.15, 0.2) is 36.4 Å². The van der Waals surface area contributed by atoms with Gasteiger partial charge in [0.15, 0.2) is 0 Å². The van der Waals surface area contributed by atoms with Gasteiger partial charge < -0.3 is 19.9 Å². The maximum Gasteiger partial charge on any atom is 0.311 e. The van der Waals surface area contributed by atoms with Gasteiger partial charge in [0.1, 0.15) is 6.04 Å². The van der Waals surface area contributed by atoms with Crippen molar-refractivity contribution in [3.05, 3.63) is 47.2 Å². The summed E-state index contributed by atoms with van der Waals surface area (Å²) in [6, 6.07) is 8.39. The summed E-state index contributed by atoms with van der Waals surface area (Å²) in [4.78, 5) is 12.9. The van der Waals surface area contributed by atoms with Crippen LogP contribution in [-0.2, 0) is 14.9 Å². The van der Waals surface area contributed by atoms with Gasteiger partial charge in [-0.3, -0.25) is 4.79 Å². The Kier molecular flexibility index (Phi) is 2.45. The molecule has 6 rings (SSSR count). The molecule has 3 heterocycles. The number of methoxy groups -OCH3 is 1. The molecular weight excluding hydrogens is 328 g/mol. The molecule has 3 spiro atoms. The van der Waals surface area contributed by atoms with Crippen molar-refractivity contribution in [1.29, 1.82) is 0 Å². The van der Waals surface area contributed by atoms with Crippen molar-refractivity contribution in [2.45, 2.75) is 36.8 Å². The van der Waals surface area contributed by atoms with Crippen LogP contribution in [0, 0.1) is 22.5 Å². The molecule has 7 atom stereocenters. The molecule has 0 aromatic heterocycles. The van der Waals surface area contributed by atoms with Gasteiger partial charge in [-0.25, -0.2) is 0 Å². The molecule has 1 N–H and O–H groups in total. The zero-order valence-corrected chi connectivity index (χ0v) is 15.2. The Morgan fingerprint density at radius 3 is 3.00 bits per heavy atom. The largest absolute Gasteiger partial charge is 0.632 e. The summed E-state index contributed by atoms with van der Waals surface area (Å²) < 4.78 is 5.12. The van der Waals surface area contributed by atoms with Gasteiger partial charge in [0.2, 0.25) is 0 Å². The number of ether oxygens (including phenoxy) is 1. The number of para-hydroxylation sites is 1. The molecule has 2 aliphatic carbocycles. The van der Waals surface area contributed by atoms with Crippen molar-refractivity contribution in [2.24, 2.45) is 17.3 Å². The molecular formula is C21H24N2O3. The summed E-state index contributed by atoms with van der Waals surface area (Å²) in [6.45, 7) is 3.44. The SMILES string of the molecule is COC(=O)[C@H]1C[C@@]23C=CC[N+]4([O-])CC[C@@]5(c6ccccc6N[C@]15[C@@H]2C)[C@H]34. The highest BCUT2D eigenvalue weighted by atomic mass is 16.6. The molecule has 0 amide bonds. The Labute approximate surface area is 153 Å². The minimum absolute atomic E-state index is 0.00736. The van der Waals surface area contributed by atoms with Crippen LogP contribution in [0.5, 0.6) is 0 Å². The summed E-state index contributed by atoms with van der Waals surface area (Å²) in [5, 5.41) is 17.7. The van der Waals surface area contributed by atoms with E-state index in [-0.39, 0.29) is 39.3 Å². The molecule has 5 heteroatoms. The number of carbonyl (C=O) groups excluding carboxylic acids is 1. The monoisotopic (exact) mass is 352 g/mol. The average Bonchev–Trinajstić information content (AvgIpc) is 3.27. The van der Waals surface area contributed by atoms with Crippen LogP contribution >= 0.6 is 0 Å². The van der Waals surface area contributed by atoms with E-state index >= 15 is 0 Å². The molecule has 5 nitrogen and oxygen atoms in total. The van der Waals surface area contributed by atoms with Crippen molar-refractivity contribution < 1.29 is 14.2 Å². The van der Waals surface area contributed by atoms with Gasteiger partial charge in [0.05, 0.1) is 37.1 Å². The second-order valence-electron chi connectivity index (χ2n) is 9.04. The number of rotatable bonds is 1. The number of fused-ring (bicyclic) bond motifs is 1. The number of carbonyl (C=O) groups is 1. The zero-order chi connectivity index (χ0) is 17.9. The predicted octanol–water partition coefficient (Wildman–Crippen LogP) is 2.57. The van der Waals surface area contributed by atoms with Crippen molar-refractivity contribution in [3.63, 3.8) is 0 Å². The second-order valence-corrected chi connectivity index (χ2v) is 9.04. The summed E-state index contributed by atoms with van der Waals surface area (Å²) in [7, 11) is 1.48. The van der Waals surface area contributed by atoms with Crippen LogP contribution in [0.2, 0.25) is 0 Å². The summed E-state index contributed by atoms with van der Waals surface area (Å²) in [5.41, 5.74) is 1.42. The maximum absolute atomic E-state index is 13.9. The van der Waals surface area contributed by atoms with Gasteiger partial charge in [0.25, 0.3) is 0 Å².